The van der Waals surface area contributed by atoms with Crippen LogP contribution in [0, 0.1) is 0 Å². The Balaban J connectivity index is 1.95. The lowest BCUT2D eigenvalue weighted by molar-refractivity contribution is -0.128. The fourth-order valence-electron chi connectivity index (χ4n) is 1.18. The van der Waals surface area contributed by atoms with Crippen LogP contribution in [0.3, 0.4) is 0 Å². The molecule has 0 saturated heterocycles. The van der Waals surface area contributed by atoms with Gasteiger partial charge < -0.3 is 4.74 Å². The molecule has 2 nitrogen and oxygen atoms in total. The number of hydrogen-bond acceptors (Lipinski definition) is 3. The van der Waals surface area contributed by atoms with Gasteiger partial charge in [-0.2, -0.15) is 0 Å². The van der Waals surface area contributed by atoms with Gasteiger partial charge in [-0.25, -0.2) is 4.79 Å². The number of esters is 1. The van der Waals surface area contributed by atoms with Gasteiger partial charge in [0.15, 0.2) is 5.06 Å². The molecule has 0 aliphatic heterocycles. The molecule has 0 N–H and O–H groups in total. The summed E-state index contributed by atoms with van der Waals surface area (Å²) >= 11 is 1.40. The molecule has 0 unspecified atom stereocenters. The zero-order valence-electron chi connectivity index (χ0n) is 8.50. The zero-order chi connectivity index (χ0) is 11.2. The molecular weight excluding hydrogens is 220 g/mol. The molecule has 1 heterocycles. The minimum absolute atomic E-state index is 0.355. The zero-order valence-corrected chi connectivity index (χ0v) is 9.31. The van der Waals surface area contributed by atoms with Crippen LogP contribution in [0.15, 0.2) is 53.9 Å². The van der Waals surface area contributed by atoms with E-state index in [2.05, 4.69) is 0 Å². The first-order valence-corrected chi connectivity index (χ1v) is 5.71. The maximum Gasteiger partial charge on any atom is 0.336 e. The van der Waals surface area contributed by atoms with Crippen molar-refractivity contribution in [3.05, 3.63) is 59.5 Å². The highest BCUT2D eigenvalue weighted by Crippen LogP contribution is 2.18. The third-order valence-corrected chi connectivity index (χ3v) is 2.65. The fourth-order valence-corrected chi connectivity index (χ4v) is 1.76. The highest BCUT2D eigenvalue weighted by molar-refractivity contribution is 7.11. The summed E-state index contributed by atoms with van der Waals surface area (Å²) in [5.41, 5.74) is 0.977. The Morgan fingerprint density at radius 3 is 2.62 bits per heavy atom. The lowest BCUT2D eigenvalue weighted by Crippen LogP contribution is -2.01. The smallest absolute Gasteiger partial charge is 0.336 e. The molecule has 0 atom stereocenters. The number of carbonyl (C=O) groups excluding carboxylic acids is 1. The van der Waals surface area contributed by atoms with E-state index in [1.165, 1.54) is 17.4 Å². The van der Waals surface area contributed by atoms with E-state index < -0.39 is 0 Å². The normalized spacial score (nSPS) is 10.5. The van der Waals surface area contributed by atoms with Gasteiger partial charge in [-0.3, -0.25) is 0 Å². The summed E-state index contributed by atoms with van der Waals surface area (Å²) in [4.78, 5) is 11.4. The summed E-state index contributed by atoms with van der Waals surface area (Å²) in [6, 6.07) is 13.2. The maximum absolute atomic E-state index is 11.4. The summed E-state index contributed by atoms with van der Waals surface area (Å²) < 4.78 is 5.07. The van der Waals surface area contributed by atoms with E-state index in [0.717, 1.165) is 5.56 Å². The van der Waals surface area contributed by atoms with Gasteiger partial charge in [-0.1, -0.05) is 30.3 Å². The summed E-state index contributed by atoms with van der Waals surface area (Å²) in [6.07, 6.45) is 3.16. The monoisotopic (exact) mass is 230 g/mol. The maximum atomic E-state index is 11.4. The molecule has 2 aromatic rings. The average Bonchev–Trinajstić information content (AvgIpc) is 2.81. The first-order chi connectivity index (χ1) is 7.84. The van der Waals surface area contributed by atoms with Gasteiger partial charge in [0.2, 0.25) is 0 Å². The van der Waals surface area contributed by atoms with Gasteiger partial charge in [-0.15, -0.1) is 11.3 Å². The van der Waals surface area contributed by atoms with Gasteiger partial charge in [0.25, 0.3) is 0 Å². The third kappa shape index (κ3) is 3.07. The fraction of sp³-hybridized carbons (Fsp3) is 0. The number of carbonyl (C=O) groups is 1. The van der Waals surface area contributed by atoms with Crippen molar-refractivity contribution < 1.29 is 9.53 Å². The second kappa shape index (κ2) is 5.28. The molecule has 0 saturated carbocycles. The van der Waals surface area contributed by atoms with Crippen LogP contribution in [-0.4, -0.2) is 5.97 Å². The van der Waals surface area contributed by atoms with E-state index in [0.29, 0.717) is 5.06 Å². The number of rotatable bonds is 3. The standard InChI is InChI=1S/C13H10O2S/c14-12(15-13-7-4-10-16-13)9-8-11-5-2-1-3-6-11/h1-10H/b9-8+. The van der Waals surface area contributed by atoms with Gasteiger partial charge in [-0.05, 0) is 29.2 Å². The van der Waals surface area contributed by atoms with Crippen LogP contribution in [-0.2, 0) is 4.79 Å². The molecule has 2 rings (SSSR count). The van der Waals surface area contributed by atoms with E-state index in [4.69, 9.17) is 4.74 Å². The molecule has 0 spiro atoms. The topological polar surface area (TPSA) is 26.3 Å². The molecule has 1 aromatic heterocycles. The second-order valence-electron chi connectivity index (χ2n) is 3.10. The van der Waals surface area contributed by atoms with Crippen molar-refractivity contribution in [2.45, 2.75) is 0 Å². The van der Waals surface area contributed by atoms with E-state index in [1.807, 2.05) is 41.8 Å². The van der Waals surface area contributed by atoms with Crippen molar-refractivity contribution in [2.24, 2.45) is 0 Å². The van der Waals surface area contributed by atoms with Crippen LogP contribution in [0.2, 0.25) is 0 Å². The first kappa shape index (κ1) is 10.6. The SMILES string of the molecule is O=C(/C=C/c1ccccc1)Oc1cccs1. The van der Waals surface area contributed by atoms with Gasteiger partial charge in [0.05, 0.1) is 0 Å². The van der Waals surface area contributed by atoms with Crippen molar-refractivity contribution in [2.75, 3.05) is 0 Å². The van der Waals surface area contributed by atoms with Crippen molar-refractivity contribution in [3.63, 3.8) is 0 Å². The number of benzene rings is 1. The Hall–Kier alpha value is -1.87. The number of hydrogen-bond donors (Lipinski definition) is 0. The van der Waals surface area contributed by atoms with Crippen molar-refractivity contribution in [1.82, 2.24) is 0 Å². The van der Waals surface area contributed by atoms with Crippen LogP contribution in [0.1, 0.15) is 5.56 Å². The minimum Gasteiger partial charge on any atom is -0.412 e. The molecule has 80 valence electrons. The average molecular weight is 230 g/mol. The summed E-state index contributed by atoms with van der Waals surface area (Å²) in [6.45, 7) is 0. The van der Waals surface area contributed by atoms with E-state index in [-0.39, 0.29) is 5.97 Å². The molecule has 1 aromatic carbocycles. The second-order valence-corrected chi connectivity index (χ2v) is 4.01. The predicted octanol–water partition coefficient (Wildman–Crippen LogP) is 3.37. The number of thiophene rings is 1. The van der Waals surface area contributed by atoms with E-state index >= 15 is 0 Å². The lowest BCUT2D eigenvalue weighted by Gasteiger charge is -1.95. The summed E-state index contributed by atoms with van der Waals surface area (Å²) in [5, 5.41) is 2.48. The third-order valence-electron chi connectivity index (χ3n) is 1.91. The largest absolute Gasteiger partial charge is 0.412 e. The molecule has 0 fully saturated rings. The lowest BCUT2D eigenvalue weighted by atomic mass is 10.2. The Morgan fingerprint density at radius 1 is 1.12 bits per heavy atom. The molecule has 0 amide bonds. The van der Waals surface area contributed by atoms with Crippen molar-refractivity contribution in [1.29, 1.82) is 0 Å². The van der Waals surface area contributed by atoms with E-state index in [1.54, 1.807) is 12.1 Å². The molecule has 0 bridgehead atoms. The Morgan fingerprint density at radius 2 is 1.94 bits per heavy atom. The highest BCUT2D eigenvalue weighted by atomic mass is 32.1. The molecule has 0 aliphatic carbocycles. The van der Waals surface area contributed by atoms with Gasteiger partial charge >= 0.3 is 5.97 Å². The van der Waals surface area contributed by atoms with E-state index in [9.17, 15) is 4.79 Å². The molecule has 0 radical (unpaired) electrons. The molecular formula is C13H10O2S. The van der Waals surface area contributed by atoms with Crippen LogP contribution in [0.4, 0.5) is 0 Å². The quantitative estimate of drug-likeness (QED) is 0.597. The van der Waals surface area contributed by atoms with Crippen LogP contribution < -0.4 is 4.74 Å². The van der Waals surface area contributed by atoms with Crippen LogP contribution >= 0.6 is 11.3 Å². The molecule has 16 heavy (non-hydrogen) atoms. The molecule has 0 aliphatic rings. The number of ether oxygens (including phenoxy) is 1. The summed E-state index contributed by atoms with van der Waals surface area (Å²) in [7, 11) is 0. The van der Waals surface area contributed by atoms with Gasteiger partial charge in [0.1, 0.15) is 0 Å². The Kier molecular flexibility index (Phi) is 3.51. The minimum atomic E-state index is -0.355. The Labute approximate surface area is 97.8 Å². The highest BCUT2D eigenvalue weighted by Gasteiger charge is 1.99. The summed E-state index contributed by atoms with van der Waals surface area (Å²) in [5.74, 6) is -0.355. The van der Waals surface area contributed by atoms with Crippen molar-refractivity contribution in [3.8, 4) is 5.06 Å². The van der Waals surface area contributed by atoms with Crippen LogP contribution in [0.5, 0.6) is 5.06 Å². The van der Waals surface area contributed by atoms with Gasteiger partial charge in [0, 0.05) is 6.08 Å². The Bertz CT molecular complexity index is 472. The predicted molar refractivity (Wildman–Crippen MR) is 65.4 cm³/mol. The first-order valence-electron chi connectivity index (χ1n) is 4.83. The van der Waals surface area contributed by atoms with Crippen molar-refractivity contribution >= 4 is 23.4 Å². The van der Waals surface area contributed by atoms with Crippen LogP contribution in [0.25, 0.3) is 6.08 Å². The molecule has 3 heteroatoms.